The quantitative estimate of drug-likeness (QED) is 0.786. The predicted octanol–water partition coefficient (Wildman–Crippen LogP) is 2.45. The molecule has 1 saturated carbocycles. The van der Waals surface area contributed by atoms with E-state index in [1.165, 1.54) is 0 Å². The zero-order valence-electron chi connectivity index (χ0n) is 10.0. The highest BCUT2D eigenvalue weighted by molar-refractivity contribution is 4.84. The van der Waals surface area contributed by atoms with Crippen LogP contribution in [0.15, 0.2) is 0 Å². The van der Waals surface area contributed by atoms with Crippen molar-refractivity contribution >= 4 is 0 Å². The molecule has 0 aromatic carbocycles. The van der Waals surface area contributed by atoms with Gasteiger partial charge < -0.3 is 10.6 Å². The van der Waals surface area contributed by atoms with E-state index in [1.807, 2.05) is 0 Å². The van der Waals surface area contributed by atoms with Crippen LogP contribution in [0.5, 0.6) is 0 Å². The van der Waals surface area contributed by atoms with E-state index in [2.05, 4.69) is 10.6 Å². The maximum absolute atomic E-state index is 12.5. The molecule has 1 saturated heterocycles. The van der Waals surface area contributed by atoms with Crippen molar-refractivity contribution in [2.45, 2.75) is 56.8 Å². The van der Waals surface area contributed by atoms with Crippen LogP contribution < -0.4 is 10.6 Å². The Bertz CT molecular complexity index is 228. The summed E-state index contributed by atoms with van der Waals surface area (Å²) < 4.78 is 37.5. The molecule has 2 nitrogen and oxygen atoms in total. The minimum Gasteiger partial charge on any atom is -0.317 e. The summed E-state index contributed by atoms with van der Waals surface area (Å²) in [6, 6.07) is 0.806. The standard InChI is InChI=1S/C12H21F3N2/c13-12(14,15)9-1-3-10(4-2-9)17-11-5-7-16-8-6-11/h9-11,16-17H,1-8H2. The molecular formula is C12H21F3N2. The van der Waals surface area contributed by atoms with Crippen molar-refractivity contribution in [1.82, 2.24) is 10.6 Å². The highest BCUT2D eigenvalue weighted by Crippen LogP contribution is 2.37. The number of hydrogen-bond acceptors (Lipinski definition) is 2. The molecule has 0 aromatic rings. The second-order valence-electron chi connectivity index (χ2n) is 5.28. The minimum atomic E-state index is -3.99. The lowest BCUT2D eigenvalue weighted by Crippen LogP contribution is -2.46. The molecule has 0 radical (unpaired) electrons. The first kappa shape index (κ1) is 13.1. The molecule has 1 heterocycles. The molecule has 2 N–H and O–H groups in total. The van der Waals surface area contributed by atoms with E-state index in [4.69, 9.17) is 0 Å². The number of piperidine rings is 1. The van der Waals surface area contributed by atoms with Gasteiger partial charge in [0.05, 0.1) is 5.92 Å². The van der Waals surface area contributed by atoms with E-state index in [0.29, 0.717) is 37.8 Å². The molecule has 2 rings (SSSR count). The first-order valence-electron chi connectivity index (χ1n) is 6.59. The second kappa shape index (κ2) is 5.57. The summed E-state index contributed by atoms with van der Waals surface area (Å²) in [5, 5.41) is 6.81. The van der Waals surface area contributed by atoms with Crippen molar-refractivity contribution in [3.8, 4) is 0 Å². The van der Waals surface area contributed by atoms with Crippen LogP contribution in [0.3, 0.4) is 0 Å². The lowest BCUT2D eigenvalue weighted by atomic mass is 9.85. The van der Waals surface area contributed by atoms with Crippen molar-refractivity contribution in [1.29, 1.82) is 0 Å². The molecule has 2 aliphatic rings. The van der Waals surface area contributed by atoms with Crippen LogP contribution >= 0.6 is 0 Å². The van der Waals surface area contributed by atoms with Gasteiger partial charge in [0.25, 0.3) is 0 Å². The monoisotopic (exact) mass is 250 g/mol. The van der Waals surface area contributed by atoms with Gasteiger partial charge in [0.2, 0.25) is 0 Å². The van der Waals surface area contributed by atoms with Crippen molar-refractivity contribution in [3.63, 3.8) is 0 Å². The Kier molecular flexibility index (Phi) is 4.31. The molecule has 0 spiro atoms. The van der Waals surface area contributed by atoms with Crippen LogP contribution in [-0.2, 0) is 0 Å². The summed E-state index contributed by atoms with van der Waals surface area (Å²) in [5.74, 6) is -1.06. The molecule has 17 heavy (non-hydrogen) atoms. The number of alkyl halides is 3. The van der Waals surface area contributed by atoms with Crippen molar-refractivity contribution in [2.75, 3.05) is 13.1 Å². The normalized spacial score (nSPS) is 32.6. The molecular weight excluding hydrogens is 229 g/mol. The number of hydrogen-bond donors (Lipinski definition) is 2. The fourth-order valence-corrected chi connectivity index (χ4v) is 2.91. The maximum Gasteiger partial charge on any atom is 0.391 e. The van der Waals surface area contributed by atoms with Crippen LogP contribution in [0.25, 0.3) is 0 Å². The molecule has 1 aliphatic heterocycles. The van der Waals surface area contributed by atoms with Crippen molar-refractivity contribution < 1.29 is 13.2 Å². The van der Waals surface area contributed by atoms with Crippen LogP contribution in [0.4, 0.5) is 13.2 Å². The van der Waals surface area contributed by atoms with E-state index in [0.717, 1.165) is 25.9 Å². The van der Waals surface area contributed by atoms with Gasteiger partial charge in [-0.15, -0.1) is 0 Å². The van der Waals surface area contributed by atoms with Crippen molar-refractivity contribution in [2.24, 2.45) is 5.92 Å². The first-order chi connectivity index (χ1) is 8.05. The van der Waals surface area contributed by atoms with E-state index >= 15 is 0 Å². The van der Waals surface area contributed by atoms with Gasteiger partial charge in [0.15, 0.2) is 0 Å². The number of halogens is 3. The van der Waals surface area contributed by atoms with Crippen LogP contribution in [0.1, 0.15) is 38.5 Å². The van der Waals surface area contributed by atoms with E-state index < -0.39 is 12.1 Å². The lowest BCUT2D eigenvalue weighted by Gasteiger charge is -2.34. The van der Waals surface area contributed by atoms with Gasteiger partial charge in [-0.3, -0.25) is 0 Å². The Morgan fingerprint density at radius 2 is 1.35 bits per heavy atom. The summed E-state index contributed by atoms with van der Waals surface area (Å²) >= 11 is 0. The van der Waals surface area contributed by atoms with Gasteiger partial charge in [-0.25, -0.2) is 0 Å². The zero-order chi connectivity index (χ0) is 12.3. The van der Waals surface area contributed by atoms with E-state index in [-0.39, 0.29) is 0 Å². The summed E-state index contributed by atoms with van der Waals surface area (Å²) in [7, 11) is 0. The summed E-state index contributed by atoms with van der Waals surface area (Å²) in [6.07, 6.45) is 0.151. The van der Waals surface area contributed by atoms with E-state index in [9.17, 15) is 13.2 Å². The Balaban J connectivity index is 1.71. The van der Waals surface area contributed by atoms with Crippen LogP contribution in [0.2, 0.25) is 0 Å². The largest absolute Gasteiger partial charge is 0.391 e. The Morgan fingerprint density at radius 1 is 0.824 bits per heavy atom. The molecule has 0 aromatic heterocycles. The number of rotatable bonds is 2. The Hall–Kier alpha value is -0.290. The molecule has 0 unspecified atom stereocenters. The van der Waals surface area contributed by atoms with Crippen LogP contribution in [-0.4, -0.2) is 31.3 Å². The molecule has 0 atom stereocenters. The van der Waals surface area contributed by atoms with Crippen molar-refractivity contribution in [3.05, 3.63) is 0 Å². The topological polar surface area (TPSA) is 24.1 Å². The fourth-order valence-electron chi connectivity index (χ4n) is 2.91. The Morgan fingerprint density at radius 3 is 1.88 bits per heavy atom. The van der Waals surface area contributed by atoms with Crippen LogP contribution in [0, 0.1) is 5.92 Å². The molecule has 5 heteroatoms. The summed E-state index contributed by atoms with van der Waals surface area (Å²) in [4.78, 5) is 0. The van der Waals surface area contributed by atoms with Gasteiger partial charge in [-0.1, -0.05) is 0 Å². The number of nitrogens with one attached hydrogen (secondary N) is 2. The Labute approximate surface area is 100 Å². The van der Waals surface area contributed by atoms with E-state index in [1.54, 1.807) is 0 Å². The molecule has 0 bridgehead atoms. The third-order valence-electron chi connectivity index (χ3n) is 4.00. The smallest absolute Gasteiger partial charge is 0.317 e. The molecule has 0 amide bonds. The fraction of sp³-hybridized carbons (Fsp3) is 1.00. The van der Waals surface area contributed by atoms with Gasteiger partial charge in [-0.2, -0.15) is 13.2 Å². The van der Waals surface area contributed by atoms with Gasteiger partial charge in [0.1, 0.15) is 0 Å². The average molecular weight is 250 g/mol. The third-order valence-corrected chi connectivity index (χ3v) is 4.00. The van der Waals surface area contributed by atoms with Gasteiger partial charge in [-0.05, 0) is 51.6 Å². The SMILES string of the molecule is FC(F)(F)C1CCC(NC2CCNCC2)CC1. The summed E-state index contributed by atoms with van der Waals surface area (Å²) in [6.45, 7) is 2.05. The maximum atomic E-state index is 12.5. The molecule has 100 valence electrons. The van der Waals surface area contributed by atoms with Gasteiger partial charge >= 0.3 is 6.18 Å². The highest BCUT2D eigenvalue weighted by atomic mass is 19.4. The highest BCUT2D eigenvalue weighted by Gasteiger charge is 2.41. The zero-order valence-corrected chi connectivity index (χ0v) is 10.0. The second-order valence-corrected chi connectivity index (χ2v) is 5.28. The minimum absolute atomic E-state index is 0.298. The van der Waals surface area contributed by atoms with Gasteiger partial charge in [0, 0.05) is 12.1 Å². The lowest BCUT2D eigenvalue weighted by molar-refractivity contribution is -0.182. The third kappa shape index (κ3) is 3.85. The summed E-state index contributed by atoms with van der Waals surface area (Å²) in [5.41, 5.74) is 0. The molecule has 2 fully saturated rings. The first-order valence-corrected chi connectivity index (χ1v) is 6.59. The molecule has 1 aliphatic carbocycles. The predicted molar refractivity (Wildman–Crippen MR) is 60.8 cm³/mol. The average Bonchev–Trinajstić information content (AvgIpc) is 2.30.